The fourth-order valence-electron chi connectivity index (χ4n) is 3.37. The van der Waals surface area contributed by atoms with Crippen molar-refractivity contribution in [3.8, 4) is 5.75 Å². The molecule has 0 aliphatic carbocycles. The summed E-state index contributed by atoms with van der Waals surface area (Å²) in [7, 11) is 0. The van der Waals surface area contributed by atoms with Crippen LogP contribution in [0.15, 0.2) is 12.3 Å². The molecule has 0 N–H and O–H groups in total. The number of aromatic nitrogens is 1. The Hall–Kier alpha value is -2.19. The van der Waals surface area contributed by atoms with Gasteiger partial charge in [0, 0.05) is 32.3 Å². The molecule has 0 spiro atoms. The Morgan fingerprint density at radius 2 is 2.00 bits per heavy atom. The molecule has 0 aromatic carbocycles. The molecule has 1 fully saturated rings. The first-order valence-corrected chi connectivity index (χ1v) is 8.92. The van der Waals surface area contributed by atoms with Crippen molar-refractivity contribution in [1.82, 2.24) is 9.88 Å². The number of amides is 1. The van der Waals surface area contributed by atoms with Crippen molar-refractivity contribution in [3.05, 3.63) is 17.8 Å². The van der Waals surface area contributed by atoms with Crippen molar-refractivity contribution in [3.63, 3.8) is 0 Å². The molecule has 2 aliphatic rings. The number of fused-ring (bicyclic) bond motifs is 3. The molecule has 150 valence electrons. The third-order valence-corrected chi connectivity index (χ3v) is 4.50. The molecule has 2 aliphatic heterocycles. The molecule has 1 aromatic rings. The average Bonchev–Trinajstić information content (AvgIpc) is 2.66. The zero-order valence-corrected chi connectivity index (χ0v) is 15.8. The standard InChI is InChI=1S/C18H24F3N3O3/c1-11-7-13-10-23(16(25)27-17(2,3)4)5-6-24(13)15-14(26-11)8-12(9-22-15)18(19,20)21/h8-9,11,13H,5-7,10H2,1-4H3. The third kappa shape index (κ3) is 4.39. The minimum absolute atomic E-state index is 0.105. The SMILES string of the molecule is CC1CC2CN(C(=O)OC(C)(C)C)CCN2c2ncc(C(F)(F)F)cc2O1. The van der Waals surface area contributed by atoms with E-state index in [2.05, 4.69) is 4.98 Å². The smallest absolute Gasteiger partial charge is 0.418 e. The van der Waals surface area contributed by atoms with Gasteiger partial charge in [0.1, 0.15) is 5.60 Å². The Morgan fingerprint density at radius 1 is 1.30 bits per heavy atom. The van der Waals surface area contributed by atoms with E-state index in [0.29, 0.717) is 31.9 Å². The number of hydrogen-bond donors (Lipinski definition) is 0. The highest BCUT2D eigenvalue weighted by Gasteiger charge is 2.39. The summed E-state index contributed by atoms with van der Waals surface area (Å²) in [5.74, 6) is 0.520. The van der Waals surface area contributed by atoms with Crippen LogP contribution in [-0.4, -0.2) is 53.4 Å². The van der Waals surface area contributed by atoms with Crippen LogP contribution in [-0.2, 0) is 10.9 Å². The molecule has 2 atom stereocenters. The topological polar surface area (TPSA) is 54.9 Å². The van der Waals surface area contributed by atoms with Gasteiger partial charge in [0.15, 0.2) is 11.6 Å². The summed E-state index contributed by atoms with van der Waals surface area (Å²) >= 11 is 0. The summed E-state index contributed by atoms with van der Waals surface area (Å²) in [6.07, 6.45) is -3.77. The number of nitrogens with zero attached hydrogens (tertiary/aromatic N) is 3. The summed E-state index contributed by atoms with van der Waals surface area (Å²) < 4.78 is 50.1. The number of carbonyl (C=O) groups excluding carboxylic acids is 1. The van der Waals surface area contributed by atoms with Gasteiger partial charge in [-0.3, -0.25) is 0 Å². The predicted octanol–water partition coefficient (Wildman–Crippen LogP) is 3.70. The van der Waals surface area contributed by atoms with E-state index in [1.165, 1.54) is 0 Å². The van der Waals surface area contributed by atoms with Gasteiger partial charge in [-0.2, -0.15) is 13.2 Å². The molecule has 1 aromatic heterocycles. The quantitative estimate of drug-likeness (QED) is 0.680. The summed E-state index contributed by atoms with van der Waals surface area (Å²) in [5, 5.41) is 0. The van der Waals surface area contributed by atoms with E-state index in [0.717, 1.165) is 12.3 Å². The van der Waals surface area contributed by atoms with Gasteiger partial charge in [-0.25, -0.2) is 9.78 Å². The maximum atomic E-state index is 13.0. The molecule has 3 heterocycles. The highest BCUT2D eigenvalue weighted by molar-refractivity contribution is 5.69. The lowest BCUT2D eigenvalue weighted by Crippen LogP contribution is -2.56. The van der Waals surface area contributed by atoms with E-state index in [1.807, 2.05) is 4.90 Å². The van der Waals surface area contributed by atoms with E-state index in [4.69, 9.17) is 9.47 Å². The second kappa shape index (κ2) is 6.76. The van der Waals surface area contributed by atoms with Gasteiger partial charge in [-0.1, -0.05) is 0 Å². The van der Waals surface area contributed by atoms with Gasteiger partial charge in [-0.15, -0.1) is 0 Å². The normalized spacial score (nSPS) is 23.1. The van der Waals surface area contributed by atoms with Gasteiger partial charge >= 0.3 is 12.3 Å². The van der Waals surface area contributed by atoms with Crippen LogP contribution < -0.4 is 9.64 Å². The number of pyridine rings is 1. The Bertz CT molecular complexity index is 718. The van der Waals surface area contributed by atoms with Crippen LogP contribution in [0.2, 0.25) is 0 Å². The number of carbonyl (C=O) groups is 1. The maximum Gasteiger partial charge on any atom is 0.418 e. The van der Waals surface area contributed by atoms with Crippen molar-refractivity contribution >= 4 is 11.9 Å². The van der Waals surface area contributed by atoms with Crippen LogP contribution in [0, 0.1) is 0 Å². The zero-order valence-electron chi connectivity index (χ0n) is 15.8. The van der Waals surface area contributed by atoms with Crippen LogP contribution in [0.25, 0.3) is 0 Å². The number of anilines is 1. The molecule has 2 unspecified atom stereocenters. The van der Waals surface area contributed by atoms with E-state index >= 15 is 0 Å². The number of halogens is 3. The van der Waals surface area contributed by atoms with Crippen molar-refractivity contribution in [2.45, 2.75) is 58.0 Å². The molecule has 0 radical (unpaired) electrons. The van der Waals surface area contributed by atoms with Gasteiger partial charge in [0.05, 0.1) is 17.7 Å². The van der Waals surface area contributed by atoms with E-state index < -0.39 is 17.3 Å². The van der Waals surface area contributed by atoms with E-state index in [9.17, 15) is 18.0 Å². The van der Waals surface area contributed by atoms with Gasteiger partial charge in [0.2, 0.25) is 0 Å². The highest BCUT2D eigenvalue weighted by atomic mass is 19.4. The second-order valence-electron chi connectivity index (χ2n) is 7.98. The highest BCUT2D eigenvalue weighted by Crippen LogP contribution is 2.39. The molecule has 6 nitrogen and oxygen atoms in total. The first kappa shape index (κ1) is 19.6. The summed E-state index contributed by atoms with van der Waals surface area (Å²) in [5.41, 5.74) is -1.42. The number of rotatable bonds is 0. The Morgan fingerprint density at radius 3 is 2.63 bits per heavy atom. The fraction of sp³-hybridized carbons (Fsp3) is 0.667. The number of ether oxygens (including phenoxy) is 2. The maximum absolute atomic E-state index is 13.0. The fourth-order valence-corrected chi connectivity index (χ4v) is 3.37. The Balaban J connectivity index is 1.83. The molecule has 9 heteroatoms. The minimum Gasteiger partial charge on any atom is -0.487 e. The molecular weight excluding hydrogens is 363 g/mol. The molecule has 1 saturated heterocycles. The molecule has 27 heavy (non-hydrogen) atoms. The predicted molar refractivity (Wildman–Crippen MR) is 92.9 cm³/mol. The van der Waals surface area contributed by atoms with Crippen molar-refractivity contribution in [2.75, 3.05) is 24.5 Å². The van der Waals surface area contributed by atoms with Crippen LogP contribution >= 0.6 is 0 Å². The third-order valence-electron chi connectivity index (χ3n) is 4.50. The van der Waals surface area contributed by atoms with Crippen molar-refractivity contribution < 1.29 is 27.4 Å². The molecule has 3 rings (SSSR count). The molecule has 0 saturated carbocycles. The minimum atomic E-state index is -4.48. The first-order chi connectivity index (χ1) is 12.4. The molecule has 0 bridgehead atoms. The summed E-state index contributed by atoms with van der Waals surface area (Å²) in [6.45, 7) is 8.49. The van der Waals surface area contributed by atoms with Crippen molar-refractivity contribution in [1.29, 1.82) is 0 Å². The summed E-state index contributed by atoms with van der Waals surface area (Å²) in [6, 6.07) is 0.897. The van der Waals surface area contributed by atoms with Gasteiger partial charge in [-0.05, 0) is 33.8 Å². The first-order valence-electron chi connectivity index (χ1n) is 8.92. The number of piperazine rings is 1. The lowest BCUT2D eigenvalue weighted by atomic mass is 10.1. The molecule has 1 amide bonds. The monoisotopic (exact) mass is 387 g/mol. The van der Waals surface area contributed by atoms with Crippen LogP contribution in [0.5, 0.6) is 5.75 Å². The Kier molecular flexibility index (Phi) is 4.90. The van der Waals surface area contributed by atoms with Crippen LogP contribution in [0.3, 0.4) is 0 Å². The lowest BCUT2D eigenvalue weighted by molar-refractivity contribution is -0.138. The lowest BCUT2D eigenvalue weighted by Gasteiger charge is -2.41. The zero-order chi connectivity index (χ0) is 20.0. The average molecular weight is 387 g/mol. The Labute approximate surface area is 156 Å². The van der Waals surface area contributed by atoms with Crippen molar-refractivity contribution in [2.24, 2.45) is 0 Å². The van der Waals surface area contributed by atoms with E-state index in [1.54, 1.807) is 32.6 Å². The van der Waals surface area contributed by atoms with Crippen LogP contribution in [0.4, 0.5) is 23.8 Å². The summed E-state index contributed by atoms with van der Waals surface area (Å²) in [4.78, 5) is 20.0. The largest absolute Gasteiger partial charge is 0.487 e. The number of alkyl halides is 3. The van der Waals surface area contributed by atoms with Crippen LogP contribution in [0.1, 0.15) is 39.7 Å². The number of hydrogen-bond acceptors (Lipinski definition) is 5. The molecular formula is C18H24F3N3O3. The van der Waals surface area contributed by atoms with Gasteiger partial charge in [0.25, 0.3) is 0 Å². The second-order valence-corrected chi connectivity index (χ2v) is 7.98. The van der Waals surface area contributed by atoms with Gasteiger partial charge < -0.3 is 19.3 Å². The van der Waals surface area contributed by atoms with E-state index in [-0.39, 0.29) is 24.0 Å².